The van der Waals surface area contributed by atoms with Gasteiger partial charge in [0.15, 0.2) is 0 Å². The van der Waals surface area contributed by atoms with Crippen LogP contribution in [0.15, 0.2) is 18.2 Å². The number of para-hydroxylation sites is 1. The van der Waals surface area contributed by atoms with E-state index in [0.717, 1.165) is 23.8 Å². The Morgan fingerprint density at radius 1 is 1.30 bits per heavy atom. The van der Waals surface area contributed by atoms with E-state index in [1.165, 1.54) is 12.0 Å². The highest BCUT2D eigenvalue weighted by Gasteiger charge is 2.15. The highest BCUT2D eigenvalue weighted by Crippen LogP contribution is 2.30. The summed E-state index contributed by atoms with van der Waals surface area (Å²) in [6.45, 7) is 12.9. The molecule has 0 radical (unpaired) electrons. The maximum atomic E-state index is 6.43. The summed E-state index contributed by atoms with van der Waals surface area (Å²) in [6.07, 6.45) is 1.18. The average molecular weight is 297 g/mol. The molecule has 20 heavy (non-hydrogen) atoms. The third kappa shape index (κ3) is 5.34. The smallest absolute Gasteiger partial charge is 0.0642 e. The summed E-state index contributed by atoms with van der Waals surface area (Å²) < 4.78 is 0. The minimum absolute atomic E-state index is 0.106. The molecule has 0 bridgehead atoms. The first-order chi connectivity index (χ1) is 9.24. The van der Waals surface area contributed by atoms with Crippen LogP contribution < -0.4 is 10.2 Å². The van der Waals surface area contributed by atoms with Crippen molar-refractivity contribution in [3.8, 4) is 0 Å². The second-order valence-electron chi connectivity index (χ2n) is 6.75. The molecule has 1 aromatic carbocycles. The predicted molar refractivity (Wildman–Crippen MR) is 90.8 cm³/mol. The molecule has 1 aromatic rings. The van der Waals surface area contributed by atoms with E-state index in [-0.39, 0.29) is 5.54 Å². The Morgan fingerprint density at radius 3 is 2.50 bits per heavy atom. The molecule has 3 heteroatoms. The lowest BCUT2D eigenvalue weighted by atomic mass is 10.1. The average Bonchev–Trinajstić information content (AvgIpc) is 2.35. The summed E-state index contributed by atoms with van der Waals surface area (Å²) >= 11 is 6.43. The molecule has 0 aliphatic carbocycles. The van der Waals surface area contributed by atoms with Crippen molar-refractivity contribution < 1.29 is 0 Å². The molecule has 0 aliphatic rings. The van der Waals surface area contributed by atoms with Crippen LogP contribution in [0.4, 0.5) is 5.69 Å². The van der Waals surface area contributed by atoms with Crippen molar-refractivity contribution in [3.05, 3.63) is 28.8 Å². The molecule has 0 aliphatic heterocycles. The fraction of sp³-hybridized carbons (Fsp3) is 0.647. The molecule has 0 saturated heterocycles. The largest absolute Gasteiger partial charge is 0.373 e. The van der Waals surface area contributed by atoms with Crippen molar-refractivity contribution in [2.45, 2.75) is 53.1 Å². The molecule has 1 atom stereocenters. The van der Waals surface area contributed by atoms with Crippen LogP contribution in [0.1, 0.15) is 46.6 Å². The van der Waals surface area contributed by atoms with Crippen molar-refractivity contribution in [1.82, 2.24) is 5.32 Å². The van der Waals surface area contributed by atoms with Gasteiger partial charge in [-0.15, -0.1) is 0 Å². The third-order valence-corrected chi connectivity index (χ3v) is 3.85. The highest BCUT2D eigenvalue weighted by molar-refractivity contribution is 6.33. The number of benzene rings is 1. The first kappa shape index (κ1) is 17.3. The van der Waals surface area contributed by atoms with E-state index in [4.69, 9.17) is 11.6 Å². The van der Waals surface area contributed by atoms with Crippen LogP contribution in [-0.4, -0.2) is 19.1 Å². The standard InChI is InChI=1S/C17H29ClN2/c1-7-13(2)12-20(6)16-14(9-8-10-15(16)18)11-19-17(3,4)5/h8-10,13,19H,7,11-12H2,1-6H3. The van der Waals surface area contributed by atoms with Crippen molar-refractivity contribution in [3.63, 3.8) is 0 Å². The molecule has 1 rings (SSSR count). The quantitative estimate of drug-likeness (QED) is 0.818. The second-order valence-corrected chi connectivity index (χ2v) is 7.15. The summed E-state index contributed by atoms with van der Waals surface area (Å²) in [4.78, 5) is 2.29. The first-order valence-electron chi connectivity index (χ1n) is 7.48. The van der Waals surface area contributed by atoms with E-state index in [0.29, 0.717) is 5.92 Å². The minimum Gasteiger partial charge on any atom is -0.373 e. The van der Waals surface area contributed by atoms with Crippen LogP contribution in [0, 0.1) is 5.92 Å². The number of nitrogens with one attached hydrogen (secondary N) is 1. The summed E-state index contributed by atoms with van der Waals surface area (Å²) in [7, 11) is 2.13. The molecule has 1 unspecified atom stereocenters. The fourth-order valence-electron chi connectivity index (χ4n) is 2.18. The molecule has 0 saturated carbocycles. The Hall–Kier alpha value is -0.730. The van der Waals surface area contributed by atoms with E-state index in [1.54, 1.807) is 0 Å². The Kier molecular flexibility index (Phi) is 6.35. The van der Waals surface area contributed by atoms with E-state index < -0.39 is 0 Å². The lowest BCUT2D eigenvalue weighted by Crippen LogP contribution is -2.35. The first-order valence-corrected chi connectivity index (χ1v) is 7.86. The lowest BCUT2D eigenvalue weighted by molar-refractivity contribution is 0.424. The number of nitrogens with zero attached hydrogens (tertiary/aromatic N) is 1. The maximum Gasteiger partial charge on any atom is 0.0642 e. The maximum absolute atomic E-state index is 6.43. The van der Waals surface area contributed by atoms with Gasteiger partial charge in [-0.05, 0) is 38.3 Å². The van der Waals surface area contributed by atoms with Crippen LogP contribution in [0.25, 0.3) is 0 Å². The van der Waals surface area contributed by atoms with Crippen LogP contribution in [0.2, 0.25) is 5.02 Å². The van der Waals surface area contributed by atoms with Crippen LogP contribution in [0.5, 0.6) is 0 Å². The second kappa shape index (κ2) is 7.33. The molecule has 0 spiro atoms. The molecule has 114 valence electrons. The highest BCUT2D eigenvalue weighted by atomic mass is 35.5. The minimum atomic E-state index is 0.106. The normalized spacial score (nSPS) is 13.3. The Morgan fingerprint density at radius 2 is 1.95 bits per heavy atom. The van der Waals surface area contributed by atoms with E-state index in [9.17, 15) is 0 Å². The zero-order valence-electron chi connectivity index (χ0n) is 13.8. The van der Waals surface area contributed by atoms with Crippen LogP contribution in [0.3, 0.4) is 0 Å². The van der Waals surface area contributed by atoms with Gasteiger partial charge in [0.25, 0.3) is 0 Å². The predicted octanol–water partition coefficient (Wildman–Crippen LogP) is 4.71. The topological polar surface area (TPSA) is 15.3 Å². The number of rotatable bonds is 6. The number of halogens is 1. The Bertz CT molecular complexity index is 423. The van der Waals surface area contributed by atoms with Gasteiger partial charge in [0, 0.05) is 25.7 Å². The summed E-state index contributed by atoms with van der Waals surface area (Å²) in [5, 5.41) is 4.38. The molecular formula is C17H29ClN2. The van der Waals surface area contributed by atoms with Gasteiger partial charge in [0.2, 0.25) is 0 Å². The molecule has 0 amide bonds. The molecule has 2 nitrogen and oxygen atoms in total. The van der Waals surface area contributed by atoms with E-state index >= 15 is 0 Å². The van der Waals surface area contributed by atoms with Gasteiger partial charge in [-0.25, -0.2) is 0 Å². The molecule has 0 heterocycles. The number of anilines is 1. The zero-order chi connectivity index (χ0) is 15.3. The van der Waals surface area contributed by atoms with Crippen molar-refractivity contribution in [2.24, 2.45) is 5.92 Å². The zero-order valence-corrected chi connectivity index (χ0v) is 14.5. The van der Waals surface area contributed by atoms with Gasteiger partial charge < -0.3 is 10.2 Å². The van der Waals surface area contributed by atoms with E-state index in [2.05, 4.69) is 57.9 Å². The van der Waals surface area contributed by atoms with Gasteiger partial charge in [-0.1, -0.05) is 44.0 Å². The summed E-state index contributed by atoms with van der Waals surface area (Å²) in [6, 6.07) is 6.17. The lowest BCUT2D eigenvalue weighted by Gasteiger charge is -2.28. The molecule has 0 aromatic heterocycles. The number of hydrogen-bond acceptors (Lipinski definition) is 2. The molecule has 0 fully saturated rings. The van der Waals surface area contributed by atoms with Gasteiger partial charge in [-0.2, -0.15) is 0 Å². The van der Waals surface area contributed by atoms with Crippen molar-refractivity contribution in [2.75, 3.05) is 18.5 Å². The Labute approximate surface area is 129 Å². The number of hydrogen-bond donors (Lipinski definition) is 1. The third-order valence-electron chi connectivity index (χ3n) is 3.54. The summed E-state index contributed by atoms with van der Waals surface area (Å²) in [5.74, 6) is 0.666. The molecule has 1 N–H and O–H groups in total. The van der Waals surface area contributed by atoms with Crippen LogP contribution in [-0.2, 0) is 6.54 Å². The van der Waals surface area contributed by atoms with Crippen molar-refractivity contribution in [1.29, 1.82) is 0 Å². The van der Waals surface area contributed by atoms with Gasteiger partial charge in [-0.3, -0.25) is 0 Å². The Balaban J connectivity index is 2.93. The molecular weight excluding hydrogens is 268 g/mol. The van der Waals surface area contributed by atoms with E-state index in [1.807, 2.05) is 12.1 Å². The van der Waals surface area contributed by atoms with Gasteiger partial charge in [0.1, 0.15) is 0 Å². The fourth-order valence-corrected chi connectivity index (χ4v) is 2.52. The van der Waals surface area contributed by atoms with Gasteiger partial charge >= 0.3 is 0 Å². The van der Waals surface area contributed by atoms with Crippen molar-refractivity contribution >= 4 is 17.3 Å². The summed E-state index contributed by atoms with van der Waals surface area (Å²) in [5.41, 5.74) is 2.53. The van der Waals surface area contributed by atoms with Crippen LogP contribution >= 0.6 is 11.6 Å². The monoisotopic (exact) mass is 296 g/mol. The van der Waals surface area contributed by atoms with Gasteiger partial charge in [0.05, 0.1) is 10.7 Å². The SMILES string of the molecule is CCC(C)CN(C)c1c(Cl)cccc1CNC(C)(C)C.